The maximum atomic E-state index is 12.0. The van der Waals surface area contributed by atoms with E-state index in [0.29, 0.717) is 18.9 Å². The second-order valence-corrected chi connectivity index (χ2v) is 6.13. The number of rotatable bonds is 8. The number of nitrogens with one attached hydrogen (secondary N) is 2. The molecule has 0 spiro atoms. The molecule has 1 saturated heterocycles. The van der Waals surface area contributed by atoms with E-state index < -0.39 is 0 Å². The number of anilines is 1. The largest absolute Gasteiger partial charge is 0.492 e. The quantitative estimate of drug-likeness (QED) is 0.731. The first-order chi connectivity index (χ1) is 10.6. The third kappa shape index (κ3) is 8.73. The smallest absolute Gasteiger partial charge is 0.224 e. The standard InChI is InChI=1S/C17H27N3O2.2ClH/c1-20(2)10-11-22-16-5-3-4-15(12-16)19-17(21)7-6-14-8-9-18-13-14;;/h3-5,12,14,18H,6-11,13H2,1-2H3,(H,19,21);2*1H. The number of likely N-dealkylation sites (N-methyl/N-ethyl adjacent to an activating group) is 1. The summed E-state index contributed by atoms with van der Waals surface area (Å²) in [5.41, 5.74) is 0.803. The molecule has 1 fully saturated rings. The summed E-state index contributed by atoms with van der Waals surface area (Å²) in [6, 6.07) is 7.59. The molecular weight excluding hydrogens is 349 g/mol. The van der Waals surface area contributed by atoms with E-state index in [4.69, 9.17) is 4.74 Å². The predicted molar refractivity (Wildman–Crippen MR) is 104 cm³/mol. The topological polar surface area (TPSA) is 53.6 Å². The second-order valence-electron chi connectivity index (χ2n) is 6.13. The van der Waals surface area contributed by atoms with Gasteiger partial charge in [-0.2, -0.15) is 0 Å². The van der Waals surface area contributed by atoms with Crippen molar-refractivity contribution in [1.29, 1.82) is 0 Å². The Hall–Kier alpha value is -1.01. The Morgan fingerprint density at radius 3 is 2.83 bits per heavy atom. The Morgan fingerprint density at radius 2 is 2.17 bits per heavy atom. The first-order valence-electron chi connectivity index (χ1n) is 8.01. The Balaban J connectivity index is 0.00000264. The van der Waals surface area contributed by atoms with Crippen molar-refractivity contribution in [2.24, 2.45) is 5.92 Å². The van der Waals surface area contributed by atoms with E-state index >= 15 is 0 Å². The summed E-state index contributed by atoms with van der Waals surface area (Å²) in [6.45, 7) is 3.63. The fourth-order valence-corrected chi connectivity index (χ4v) is 2.53. The number of hydrogen-bond donors (Lipinski definition) is 2. The lowest BCUT2D eigenvalue weighted by Gasteiger charge is -2.12. The minimum atomic E-state index is 0. The van der Waals surface area contributed by atoms with Crippen molar-refractivity contribution in [3.63, 3.8) is 0 Å². The van der Waals surface area contributed by atoms with Crippen molar-refractivity contribution >= 4 is 36.4 Å². The van der Waals surface area contributed by atoms with Crippen LogP contribution in [0.4, 0.5) is 5.69 Å². The number of amides is 1. The lowest BCUT2D eigenvalue weighted by Crippen LogP contribution is -2.19. The lowest BCUT2D eigenvalue weighted by atomic mass is 10.0. The zero-order chi connectivity index (χ0) is 15.8. The number of halogens is 2. The van der Waals surface area contributed by atoms with Crippen LogP contribution in [0.5, 0.6) is 5.75 Å². The number of ether oxygens (including phenoxy) is 1. The van der Waals surface area contributed by atoms with Crippen molar-refractivity contribution in [2.45, 2.75) is 19.3 Å². The first kappa shape index (κ1) is 23.0. The molecule has 1 aromatic rings. The molecule has 0 bridgehead atoms. The molecule has 1 aliphatic rings. The van der Waals surface area contributed by atoms with Crippen LogP contribution < -0.4 is 15.4 Å². The predicted octanol–water partition coefficient (Wildman–Crippen LogP) is 2.80. The lowest BCUT2D eigenvalue weighted by molar-refractivity contribution is -0.116. The molecule has 1 aromatic carbocycles. The van der Waals surface area contributed by atoms with E-state index in [1.54, 1.807) is 0 Å². The summed E-state index contributed by atoms with van der Waals surface area (Å²) in [7, 11) is 4.03. The molecule has 0 aliphatic carbocycles. The molecule has 1 amide bonds. The van der Waals surface area contributed by atoms with Crippen LogP contribution >= 0.6 is 24.8 Å². The SMILES string of the molecule is CN(C)CCOc1cccc(NC(=O)CCC2CCNC2)c1.Cl.Cl. The molecule has 2 N–H and O–H groups in total. The highest BCUT2D eigenvalue weighted by Crippen LogP contribution is 2.19. The van der Waals surface area contributed by atoms with Crippen LogP contribution in [-0.2, 0) is 4.79 Å². The van der Waals surface area contributed by atoms with E-state index in [2.05, 4.69) is 15.5 Å². The number of nitrogens with zero attached hydrogens (tertiary/aromatic N) is 1. The number of hydrogen-bond acceptors (Lipinski definition) is 4. The van der Waals surface area contributed by atoms with E-state index in [0.717, 1.165) is 37.5 Å². The van der Waals surface area contributed by atoms with Gasteiger partial charge in [0.2, 0.25) is 5.91 Å². The summed E-state index contributed by atoms with van der Waals surface area (Å²) in [6.07, 6.45) is 2.72. The zero-order valence-corrected chi connectivity index (χ0v) is 16.0. The van der Waals surface area contributed by atoms with Gasteiger partial charge in [-0.15, -0.1) is 24.8 Å². The molecule has 5 nitrogen and oxygen atoms in total. The fourth-order valence-electron chi connectivity index (χ4n) is 2.53. The fraction of sp³-hybridized carbons (Fsp3) is 0.588. The number of carbonyl (C=O) groups excluding carboxylic acids is 1. The van der Waals surface area contributed by atoms with Crippen molar-refractivity contribution in [3.8, 4) is 5.75 Å². The Labute approximate surface area is 157 Å². The number of carbonyl (C=O) groups is 1. The average molecular weight is 378 g/mol. The van der Waals surface area contributed by atoms with Crippen LogP contribution in [0, 0.1) is 5.92 Å². The third-order valence-electron chi connectivity index (χ3n) is 3.87. The van der Waals surface area contributed by atoms with Gasteiger partial charge < -0.3 is 20.3 Å². The maximum Gasteiger partial charge on any atom is 0.224 e. The Kier molecular flexibility index (Phi) is 11.8. The van der Waals surface area contributed by atoms with Gasteiger partial charge >= 0.3 is 0 Å². The van der Waals surface area contributed by atoms with Crippen LogP contribution in [0.1, 0.15) is 19.3 Å². The van der Waals surface area contributed by atoms with Crippen molar-refractivity contribution in [1.82, 2.24) is 10.2 Å². The van der Waals surface area contributed by atoms with Crippen molar-refractivity contribution in [3.05, 3.63) is 24.3 Å². The van der Waals surface area contributed by atoms with Crippen molar-refractivity contribution < 1.29 is 9.53 Å². The summed E-state index contributed by atoms with van der Waals surface area (Å²) < 4.78 is 5.68. The average Bonchev–Trinajstić information content (AvgIpc) is 2.98. The van der Waals surface area contributed by atoms with Gasteiger partial charge in [-0.05, 0) is 58.1 Å². The molecular formula is C17H29Cl2N3O2. The monoisotopic (exact) mass is 377 g/mol. The molecule has 0 radical (unpaired) electrons. The van der Waals surface area contributed by atoms with Gasteiger partial charge in [0.15, 0.2) is 0 Å². The van der Waals surface area contributed by atoms with Crippen LogP contribution in [0.15, 0.2) is 24.3 Å². The highest BCUT2D eigenvalue weighted by Gasteiger charge is 2.15. The highest BCUT2D eigenvalue weighted by atomic mass is 35.5. The second kappa shape index (κ2) is 12.4. The number of benzene rings is 1. The summed E-state index contributed by atoms with van der Waals surface area (Å²) >= 11 is 0. The van der Waals surface area contributed by atoms with Crippen LogP contribution in [0.25, 0.3) is 0 Å². The van der Waals surface area contributed by atoms with Crippen LogP contribution in [-0.4, -0.2) is 51.1 Å². The molecule has 1 unspecified atom stereocenters. The van der Waals surface area contributed by atoms with E-state index in [1.165, 1.54) is 6.42 Å². The van der Waals surface area contributed by atoms with Crippen LogP contribution in [0.3, 0.4) is 0 Å². The zero-order valence-electron chi connectivity index (χ0n) is 14.4. The van der Waals surface area contributed by atoms with Gasteiger partial charge in [0, 0.05) is 24.7 Å². The Morgan fingerprint density at radius 1 is 1.38 bits per heavy atom. The van der Waals surface area contributed by atoms with Gasteiger partial charge in [0.25, 0.3) is 0 Å². The molecule has 0 saturated carbocycles. The van der Waals surface area contributed by atoms with Gasteiger partial charge in [0.1, 0.15) is 12.4 Å². The van der Waals surface area contributed by atoms with Gasteiger partial charge in [0.05, 0.1) is 0 Å². The summed E-state index contributed by atoms with van der Waals surface area (Å²) in [5, 5.41) is 6.28. The minimum absolute atomic E-state index is 0. The molecule has 0 aromatic heterocycles. The minimum Gasteiger partial charge on any atom is -0.492 e. The molecule has 138 valence electrons. The summed E-state index contributed by atoms with van der Waals surface area (Å²) in [5.74, 6) is 1.52. The highest BCUT2D eigenvalue weighted by molar-refractivity contribution is 5.90. The third-order valence-corrected chi connectivity index (χ3v) is 3.87. The molecule has 2 rings (SSSR count). The molecule has 1 heterocycles. The Bertz CT molecular complexity index is 481. The maximum absolute atomic E-state index is 12.0. The van der Waals surface area contributed by atoms with Crippen molar-refractivity contribution in [2.75, 3.05) is 45.7 Å². The van der Waals surface area contributed by atoms with Gasteiger partial charge in [-0.3, -0.25) is 4.79 Å². The van der Waals surface area contributed by atoms with E-state index in [9.17, 15) is 4.79 Å². The summed E-state index contributed by atoms with van der Waals surface area (Å²) in [4.78, 5) is 14.1. The van der Waals surface area contributed by atoms with Crippen LogP contribution in [0.2, 0.25) is 0 Å². The molecule has 1 aliphatic heterocycles. The van der Waals surface area contributed by atoms with Gasteiger partial charge in [-0.1, -0.05) is 6.07 Å². The normalized spacial score (nSPS) is 16.2. The molecule has 1 atom stereocenters. The van der Waals surface area contributed by atoms with Gasteiger partial charge in [-0.25, -0.2) is 0 Å². The van der Waals surface area contributed by atoms with E-state index in [1.807, 2.05) is 38.4 Å². The molecule has 24 heavy (non-hydrogen) atoms. The first-order valence-corrected chi connectivity index (χ1v) is 8.01. The molecule has 7 heteroatoms. The van der Waals surface area contributed by atoms with E-state index in [-0.39, 0.29) is 30.7 Å².